The number of halogens is 3. The fraction of sp³-hybridized carbons (Fsp3) is 0.727. The Morgan fingerprint density at radius 3 is 2.62 bits per heavy atom. The van der Waals surface area contributed by atoms with E-state index in [1.807, 2.05) is 0 Å². The lowest BCUT2D eigenvalue weighted by Gasteiger charge is -2.21. The number of hydrogen-bond donors (Lipinski definition) is 1. The topological polar surface area (TPSA) is 67.2 Å². The predicted octanol–water partition coefficient (Wildman–Crippen LogP) is 1.07. The van der Waals surface area contributed by atoms with Crippen molar-refractivity contribution in [2.45, 2.75) is 31.0 Å². The molecule has 0 saturated carbocycles. The molecule has 1 heterocycles. The second-order valence-corrected chi connectivity index (χ2v) is 6.43. The molecule has 10 heteroatoms. The van der Waals surface area contributed by atoms with Gasteiger partial charge in [-0.05, 0) is 13.5 Å². The maximum atomic E-state index is 12.5. The summed E-state index contributed by atoms with van der Waals surface area (Å²) in [4.78, 5) is -0.226. The van der Waals surface area contributed by atoms with E-state index in [0.29, 0.717) is 23.8 Å². The number of likely N-dealkylation sites (N-methyl/N-ethyl adjacent to an activating group) is 1. The van der Waals surface area contributed by atoms with E-state index in [4.69, 9.17) is 0 Å². The molecule has 122 valence electrons. The zero-order valence-electron chi connectivity index (χ0n) is 11.9. The van der Waals surface area contributed by atoms with E-state index in [-0.39, 0.29) is 11.4 Å². The second-order valence-electron chi connectivity index (χ2n) is 4.50. The van der Waals surface area contributed by atoms with Crippen LogP contribution in [0.3, 0.4) is 0 Å². The van der Waals surface area contributed by atoms with Gasteiger partial charge < -0.3 is 5.32 Å². The minimum Gasteiger partial charge on any atom is -0.318 e. The quantitative estimate of drug-likeness (QED) is 0.775. The first-order valence-electron chi connectivity index (χ1n) is 6.44. The summed E-state index contributed by atoms with van der Waals surface area (Å²) >= 11 is 0. The zero-order valence-corrected chi connectivity index (χ0v) is 12.7. The molecule has 0 saturated heterocycles. The highest BCUT2D eigenvalue weighted by molar-refractivity contribution is 7.89. The molecule has 6 nitrogen and oxygen atoms in total. The summed E-state index contributed by atoms with van der Waals surface area (Å²) in [5.74, 6) is 0. The van der Waals surface area contributed by atoms with Crippen LogP contribution < -0.4 is 5.32 Å². The Morgan fingerprint density at radius 1 is 1.43 bits per heavy atom. The smallest absolute Gasteiger partial charge is 0.318 e. The average Bonchev–Trinajstić information content (AvgIpc) is 2.83. The van der Waals surface area contributed by atoms with Crippen LogP contribution in [0.4, 0.5) is 13.2 Å². The Kier molecular flexibility index (Phi) is 6.17. The van der Waals surface area contributed by atoms with Crippen LogP contribution in [-0.4, -0.2) is 55.4 Å². The molecule has 21 heavy (non-hydrogen) atoms. The van der Waals surface area contributed by atoms with Crippen molar-refractivity contribution in [3.8, 4) is 0 Å². The Balaban J connectivity index is 2.97. The van der Waals surface area contributed by atoms with Crippen LogP contribution >= 0.6 is 0 Å². The van der Waals surface area contributed by atoms with Gasteiger partial charge in [0.1, 0.15) is 11.4 Å². The van der Waals surface area contributed by atoms with Gasteiger partial charge >= 0.3 is 6.18 Å². The maximum Gasteiger partial charge on any atom is 0.402 e. The van der Waals surface area contributed by atoms with Gasteiger partial charge in [-0.15, -0.1) is 0 Å². The summed E-state index contributed by atoms with van der Waals surface area (Å²) in [6, 6.07) is 0. The third-order valence-corrected chi connectivity index (χ3v) is 4.46. The summed E-state index contributed by atoms with van der Waals surface area (Å²) in [7, 11) is -2.46. The molecule has 1 rings (SSSR count). The highest BCUT2D eigenvalue weighted by Crippen LogP contribution is 2.22. The lowest BCUT2D eigenvalue weighted by Crippen LogP contribution is -2.39. The summed E-state index contributed by atoms with van der Waals surface area (Å²) in [5.41, 5.74) is 0. The monoisotopic (exact) mass is 328 g/mol. The van der Waals surface area contributed by atoms with Gasteiger partial charge in [0.05, 0.1) is 12.7 Å². The number of hydrogen-bond acceptors (Lipinski definition) is 4. The molecule has 0 spiro atoms. The molecule has 0 aliphatic rings. The van der Waals surface area contributed by atoms with Crippen LogP contribution in [-0.2, 0) is 16.6 Å². The molecule has 0 aromatic carbocycles. The second kappa shape index (κ2) is 7.23. The fourth-order valence-corrected chi connectivity index (χ4v) is 3.18. The van der Waals surface area contributed by atoms with Gasteiger partial charge in [-0.2, -0.15) is 22.6 Å². The highest BCUT2D eigenvalue weighted by Gasteiger charge is 2.37. The van der Waals surface area contributed by atoms with E-state index in [9.17, 15) is 21.6 Å². The number of nitrogens with one attached hydrogen (secondary N) is 1. The van der Waals surface area contributed by atoms with Gasteiger partial charge in [-0.3, -0.25) is 4.68 Å². The van der Waals surface area contributed by atoms with E-state index in [0.717, 1.165) is 6.20 Å². The van der Waals surface area contributed by atoms with Gasteiger partial charge in [0.15, 0.2) is 0 Å². The van der Waals surface area contributed by atoms with Gasteiger partial charge in [0.25, 0.3) is 0 Å². The number of aromatic nitrogens is 2. The molecular formula is C11H19F3N4O2S. The van der Waals surface area contributed by atoms with E-state index >= 15 is 0 Å². The Labute approximate surface area is 122 Å². The summed E-state index contributed by atoms with van der Waals surface area (Å²) < 4.78 is 63.8. The van der Waals surface area contributed by atoms with Crippen molar-refractivity contribution in [1.29, 1.82) is 0 Å². The molecule has 0 radical (unpaired) electrons. The highest BCUT2D eigenvalue weighted by atomic mass is 32.2. The fourth-order valence-electron chi connectivity index (χ4n) is 1.71. The summed E-state index contributed by atoms with van der Waals surface area (Å²) in [5, 5.41) is 6.72. The van der Waals surface area contributed by atoms with Crippen molar-refractivity contribution in [2.24, 2.45) is 0 Å². The molecule has 0 aliphatic heterocycles. The Hall–Kier alpha value is -1.13. The lowest BCUT2D eigenvalue weighted by atomic mass is 10.5. The standard InChI is InChI=1S/C11H19F3N4O2S/c1-3-5-18(9-11(12,13)14)21(19,20)10-7-16-17(8-10)6-4-15-2/h7-8,15H,3-6,9H2,1-2H3. The van der Waals surface area contributed by atoms with Crippen LogP contribution in [0.25, 0.3) is 0 Å². The summed E-state index contributed by atoms with van der Waals surface area (Å²) in [6.45, 7) is 0.936. The van der Waals surface area contributed by atoms with Gasteiger partial charge in [0.2, 0.25) is 10.0 Å². The first kappa shape index (κ1) is 17.9. The van der Waals surface area contributed by atoms with E-state index in [1.54, 1.807) is 14.0 Å². The van der Waals surface area contributed by atoms with Crippen molar-refractivity contribution in [3.05, 3.63) is 12.4 Å². The number of rotatable bonds is 8. The number of nitrogens with zero attached hydrogens (tertiary/aromatic N) is 3. The SMILES string of the molecule is CCCN(CC(F)(F)F)S(=O)(=O)c1cnn(CCNC)c1. The minimum atomic E-state index is -4.58. The molecular weight excluding hydrogens is 309 g/mol. The van der Waals surface area contributed by atoms with E-state index in [1.165, 1.54) is 10.9 Å². The molecule has 0 unspecified atom stereocenters. The molecule has 0 aliphatic carbocycles. The first-order valence-corrected chi connectivity index (χ1v) is 7.88. The summed E-state index contributed by atoms with van der Waals surface area (Å²) in [6.07, 6.45) is -1.97. The molecule has 1 N–H and O–H groups in total. The number of sulfonamides is 1. The molecule has 0 amide bonds. The van der Waals surface area contributed by atoms with Crippen molar-refractivity contribution in [1.82, 2.24) is 19.4 Å². The third kappa shape index (κ3) is 5.29. The largest absolute Gasteiger partial charge is 0.402 e. The van der Waals surface area contributed by atoms with E-state index < -0.39 is 22.7 Å². The lowest BCUT2D eigenvalue weighted by molar-refractivity contribution is -0.136. The van der Waals surface area contributed by atoms with Crippen LogP contribution in [0, 0.1) is 0 Å². The molecule has 0 atom stereocenters. The van der Waals surface area contributed by atoms with E-state index in [2.05, 4.69) is 10.4 Å². The first-order chi connectivity index (χ1) is 9.70. The van der Waals surface area contributed by atoms with Crippen molar-refractivity contribution in [2.75, 3.05) is 26.7 Å². The molecule has 1 aromatic rings. The van der Waals surface area contributed by atoms with Gasteiger partial charge in [-0.1, -0.05) is 6.92 Å². The van der Waals surface area contributed by atoms with Crippen LogP contribution in [0.1, 0.15) is 13.3 Å². The molecule has 0 bridgehead atoms. The van der Waals surface area contributed by atoms with Crippen LogP contribution in [0.5, 0.6) is 0 Å². The number of alkyl halides is 3. The van der Waals surface area contributed by atoms with Crippen LogP contribution in [0.2, 0.25) is 0 Å². The molecule has 1 aromatic heterocycles. The average molecular weight is 328 g/mol. The van der Waals surface area contributed by atoms with Crippen LogP contribution in [0.15, 0.2) is 17.3 Å². The Morgan fingerprint density at radius 2 is 2.10 bits per heavy atom. The third-order valence-electron chi connectivity index (χ3n) is 2.67. The molecule has 0 fully saturated rings. The van der Waals surface area contributed by atoms with Crippen molar-refractivity contribution in [3.63, 3.8) is 0 Å². The van der Waals surface area contributed by atoms with Gasteiger partial charge in [-0.25, -0.2) is 8.42 Å². The Bertz CT molecular complexity index is 542. The van der Waals surface area contributed by atoms with Crippen molar-refractivity contribution >= 4 is 10.0 Å². The minimum absolute atomic E-state index is 0.191. The predicted molar refractivity (Wildman–Crippen MR) is 71.3 cm³/mol. The van der Waals surface area contributed by atoms with Crippen molar-refractivity contribution < 1.29 is 21.6 Å². The normalized spacial score (nSPS) is 13.0. The maximum absolute atomic E-state index is 12.5. The van der Waals surface area contributed by atoms with Gasteiger partial charge in [0, 0.05) is 19.3 Å². The zero-order chi connectivity index (χ0) is 16.1.